The van der Waals surface area contributed by atoms with E-state index in [2.05, 4.69) is 22.5 Å². The molecule has 2 fully saturated rings. The molecule has 4 heteroatoms. The van der Waals surface area contributed by atoms with Crippen LogP contribution in [0, 0.1) is 11.8 Å². The van der Waals surface area contributed by atoms with Gasteiger partial charge in [-0.25, -0.2) is 0 Å². The van der Waals surface area contributed by atoms with Crippen molar-refractivity contribution in [2.24, 2.45) is 11.8 Å². The third-order valence-electron chi connectivity index (χ3n) is 4.31. The van der Waals surface area contributed by atoms with Crippen molar-refractivity contribution in [1.82, 2.24) is 15.5 Å². The van der Waals surface area contributed by atoms with Crippen LogP contribution >= 0.6 is 0 Å². The maximum Gasteiger partial charge on any atom is 0.224 e. The highest BCUT2D eigenvalue weighted by atomic mass is 16.1. The third kappa shape index (κ3) is 5.11. The van der Waals surface area contributed by atoms with Gasteiger partial charge in [-0.15, -0.1) is 0 Å². The second-order valence-electron chi connectivity index (χ2n) is 6.25. The molecule has 0 spiro atoms. The summed E-state index contributed by atoms with van der Waals surface area (Å²) in [5.74, 6) is 0.993. The first kappa shape index (κ1) is 14.8. The molecule has 110 valence electrons. The van der Waals surface area contributed by atoms with Gasteiger partial charge < -0.3 is 15.5 Å². The first-order chi connectivity index (χ1) is 9.25. The maximum absolute atomic E-state index is 12.0. The molecule has 0 radical (unpaired) electrons. The monoisotopic (exact) mass is 267 g/mol. The molecule has 0 aromatic rings. The number of likely N-dealkylation sites (tertiary alicyclic amines) is 1. The Morgan fingerprint density at radius 1 is 1.32 bits per heavy atom. The van der Waals surface area contributed by atoms with Crippen LogP contribution in [-0.2, 0) is 4.79 Å². The van der Waals surface area contributed by atoms with Crippen LogP contribution in [0.2, 0.25) is 0 Å². The number of rotatable bonds is 5. The average Bonchev–Trinajstić information content (AvgIpc) is 2.47. The minimum Gasteiger partial charge on any atom is -0.356 e. The molecule has 0 saturated carbocycles. The van der Waals surface area contributed by atoms with Crippen molar-refractivity contribution < 1.29 is 4.79 Å². The molecule has 2 rings (SSSR count). The largest absolute Gasteiger partial charge is 0.356 e. The van der Waals surface area contributed by atoms with E-state index in [1.165, 1.54) is 32.4 Å². The highest BCUT2D eigenvalue weighted by Crippen LogP contribution is 2.12. The lowest BCUT2D eigenvalue weighted by Crippen LogP contribution is -2.43. The number of nitrogens with zero attached hydrogens (tertiary/aromatic N) is 1. The molecule has 2 heterocycles. The summed E-state index contributed by atoms with van der Waals surface area (Å²) in [6, 6.07) is 0. The Morgan fingerprint density at radius 2 is 2.11 bits per heavy atom. The molecule has 2 aliphatic rings. The van der Waals surface area contributed by atoms with Crippen molar-refractivity contribution in [1.29, 1.82) is 0 Å². The Morgan fingerprint density at radius 3 is 2.79 bits per heavy atom. The topological polar surface area (TPSA) is 44.4 Å². The lowest BCUT2D eigenvalue weighted by Gasteiger charge is -2.29. The van der Waals surface area contributed by atoms with Crippen LogP contribution in [-0.4, -0.2) is 50.1 Å². The fourth-order valence-electron chi connectivity index (χ4n) is 3.14. The Kier molecular flexibility index (Phi) is 6.11. The van der Waals surface area contributed by atoms with Crippen molar-refractivity contribution in [3.05, 3.63) is 0 Å². The lowest BCUT2D eigenvalue weighted by atomic mass is 9.98. The van der Waals surface area contributed by atoms with E-state index in [-0.39, 0.29) is 11.8 Å². The number of carbonyl (C=O) groups is 1. The van der Waals surface area contributed by atoms with Gasteiger partial charge in [0, 0.05) is 19.6 Å². The average molecular weight is 267 g/mol. The first-order valence-corrected chi connectivity index (χ1v) is 7.96. The molecule has 1 unspecified atom stereocenters. The highest BCUT2D eigenvalue weighted by Gasteiger charge is 2.21. The van der Waals surface area contributed by atoms with Gasteiger partial charge in [0.15, 0.2) is 0 Å². The van der Waals surface area contributed by atoms with E-state index in [4.69, 9.17) is 0 Å². The number of hydrogen-bond donors (Lipinski definition) is 2. The van der Waals surface area contributed by atoms with Crippen molar-refractivity contribution in [2.75, 3.05) is 39.3 Å². The lowest BCUT2D eigenvalue weighted by molar-refractivity contribution is -0.125. The zero-order valence-electron chi connectivity index (χ0n) is 12.3. The van der Waals surface area contributed by atoms with Gasteiger partial charge in [-0.1, -0.05) is 13.3 Å². The van der Waals surface area contributed by atoms with E-state index < -0.39 is 0 Å². The van der Waals surface area contributed by atoms with Gasteiger partial charge in [0.1, 0.15) is 0 Å². The molecular formula is C15H29N3O. The SMILES string of the molecule is CC(CNC(=O)[C@@H]1CCCNC1)CN1CCCCC1. The van der Waals surface area contributed by atoms with Gasteiger partial charge in [0.05, 0.1) is 5.92 Å². The summed E-state index contributed by atoms with van der Waals surface area (Å²) in [5.41, 5.74) is 0. The zero-order valence-corrected chi connectivity index (χ0v) is 12.3. The first-order valence-electron chi connectivity index (χ1n) is 7.96. The van der Waals surface area contributed by atoms with Crippen LogP contribution < -0.4 is 10.6 Å². The standard InChI is InChI=1S/C15H29N3O/c1-13(12-18-8-3-2-4-9-18)10-17-15(19)14-6-5-7-16-11-14/h13-14,16H,2-12H2,1H3,(H,17,19)/t13?,14-/m1/s1. The van der Waals surface area contributed by atoms with E-state index in [9.17, 15) is 4.79 Å². The third-order valence-corrected chi connectivity index (χ3v) is 4.31. The van der Waals surface area contributed by atoms with Gasteiger partial charge in [-0.3, -0.25) is 4.79 Å². The summed E-state index contributed by atoms with van der Waals surface area (Å²) >= 11 is 0. The maximum atomic E-state index is 12.0. The second kappa shape index (κ2) is 7.85. The summed E-state index contributed by atoms with van der Waals surface area (Å²) < 4.78 is 0. The number of nitrogens with one attached hydrogen (secondary N) is 2. The van der Waals surface area contributed by atoms with Gasteiger partial charge >= 0.3 is 0 Å². The number of carbonyl (C=O) groups excluding carboxylic acids is 1. The molecule has 1 amide bonds. The van der Waals surface area contributed by atoms with E-state index in [1.807, 2.05) is 0 Å². The molecule has 0 bridgehead atoms. The molecular weight excluding hydrogens is 238 g/mol. The van der Waals surface area contributed by atoms with Crippen LogP contribution in [0.25, 0.3) is 0 Å². The predicted molar refractivity (Wildman–Crippen MR) is 78.1 cm³/mol. The van der Waals surface area contributed by atoms with Crippen molar-refractivity contribution in [3.63, 3.8) is 0 Å². The zero-order chi connectivity index (χ0) is 13.5. The molecule has 2 aliphatic heterocycles. The molecule has 4 nitrogen and oxygen atoms in total. The molecule has 19 heavy (non-hydrogen) atoms. The van der Waals surface area contributed by atoms with Crippen LogP contribution in [0.1, 0.15) is 39.0 Å². The van der Waals surface area contributed by atoms with Crippen LogP contribution in [0.3, 0.4) is 0 Å². The molecule has 2 atom stereocenters. The number of amides is 1. The van der Waals surface area contributed by atoms with Crippen molar-refractivity contribution in [2.45, 2.75) is 39.0 Å². The Hall–Kier alpha value is -0.610. The van der Waals surface area contributed by atoms with Crippen LogP contribution in [0.15, 0.2) is 0 Å². The summed E-state index contributed by atoms with van der Waals surface area (Å²) in [6.07, 6.45) is 6.23. The van der Waals surface area contributed by atoms with Gasteiger partial charge in [-0.2, -0.15) is 0 Å². The predicted octanol–water partition coefficient (Wildman–Crippen LogP) is 1.22. The minimum absolute atomic E-state index is 0.191. The summed E-state index contributed by atoms with van der Waals surface area (Å²) in [5, 5.41) is 6.44. The Bertz CT molecular complexity index is 271. The van der Waals surface area contributed by atoms with E-state index in [0.717, 1.165) is 39.0 Å². The summed E-state index contributed by atoms with van der Waals surface area (Å²) in [4.78, 5) is 14.6. The Balaban J connectivity index is 1.61. The van der Waals surface area contributed by atoms with Crippen LogP contribution in [0.5, 0.6) is 0 Å². The second-order valence-corrected chi connectivity index (χ2v) is 6.25. The molecule has 2 saturated heterocycles. The van der Waals surface area contributed by atoms with E-state index in [0.29, 0.717) is 5.92 Å². The van der Waals surface area contributed by atoms with E-state index >= 15 is 0 Å². The van der Waals surface area contributed by atoms with Gasteiger partial charge in [0.2, 0.25) is 5.91 Å². The van der Waals surface area contributed by atoms with Gasteiger partial charge in [-0.05, 0) is 51.2 Å². The molecule has 0 aromatic heterocycles. The summed E-state index contributed by atoms with van der Waals surface area (Å²) in [7, 11) is 0. The highest BCUT2D eigenvalue weighted by molar-refractivity contribution is 5.78. The molecule has 0 aliphatic carbocycles. The fraction of sp³-hybridized carbons (Fsp3) is 0.933. The minimum atomic E-state index is 0.191. The quantitative estimate of drug-likeness (QED) is 0.787. The smallest absolute Gasteiger partial charge is 0.224 e. The normalized spacial score (nSPS) is 26.9. The molecule has 2 N–H and O–H groups in total. The summed E-state index contributed by atoms with van der Waals surface area (Å²) in [6.45, 7) is 8.60. The molecule has 0 aromatic carbocycles. The number of hydrogen-bond acceptors (Lipinski definition) is 3. The van der Waals surface area contributed by atoms with Crippen molar-refractivity contribution >= 4 is 5.91 Å². The van der Waals surface area contributed by atoms with Crippen LogP contribution in [0.4, 0.5) is 0 Å². The number of piperidine rings is 2. The van der Waals surface area contributed by atoms with Crippen molar-refractivity contribution in [3.8, 4) is 0 Å². The van der Waals surface area contributed by atoms with E-state index in [1.54, 1.807) is 0 Å². The Labute approximate surface area is 117 Å². The fourth-order valence-corrected chi connectivity index (χ4v) is 3.14. The van der Waals surface area contributed by atoms with Gasteiger partial charge in [0.25, 0.3) is 0 Å².